The molecule has 2 unspecified atom stereocenters. The summed E-state index contributed by atoms with van der Waals surface area (Å²) < 4.78 is 7.24. The van der Waals surface area contributed by atoms with E-state index < -0.39 is 5.54 Å². The van der Waals surface area contributed by atoms with E-state index in [0.717, 1.165) is 6.42 Å². The van der Waals surface area contributed by atoms with Gasteiger partial charge in [0, 0.05) is 6.42 Å². The zero-order valence-corrected chi connectivity index (χ0v) is 12.5. The number of hydrogen-bond acceptors (Lipinski definition) is 5. The summed E-state index contributed by atoms with van der Waals surface area (Å²) in [6, 6.07) is 0. The molecule has 0 saturated heterocycles. The van der Waals surface area contributed by atoms with Crippen LogP contribution in [0.25, 0.3) is 0 Å². The van der Waals surface area contributed by atoms with Gasteiger partial charge in [0.15, 0.2) is 0 Å². The van der Waals surface area contributed by atoms with Crippen LogP contribution in [0.3, 0.4) is 0 Å². The minimum absolute atomic E-state index is 0.0675. The fraction of sp³-hybridized carbons (Fsp3) is 0.900. The number of nitrogens with zero attached hydrogens (tertiary/aromatic N) is 1. The van der Waals surface area contributed by atoms with Gasteiger partial charge in [0.1, 0.15) is 5.54 Å². The van der Waals surface area contributed by atoms with Gasteiger partial charge in [0.2, 0.25) is 5.12 Å². The van der Waals surface area contributed by atoms with Crippen LogP contribution < -0.4 is 0 Å². The Balaban J connectivity index is 2.72. The number of thiol groups is 3. The van der Waals surface area contributed by atoms with Crippen LogP contribution in [0.1, 0.15) is 40.0 Å². The monoisotopic (exact) mass is 281 g/mol. The minimum atomic E-state index is -0.703. The van der Waals surface area contributed by atoms with Crippen LogP contribution in [0, 0.1) is 0 Å². The third-order valence-electron chi connectivity index (χ3n) is 2.75. The third-order valence-corrected chi connectivity index (χ3v) is 3.93. The Bertz CT molecular complexity index is 278. The molecule has 0 aliphatic heterocycles. The van der Waals surface area contributed by atoms with E-state index in [-0.39, 0.29) is 16.8 Å². The predicted molar refractivity (Wildman–Crippen MR) is 75.0 cm³/mol. The van der Waals surface area contributed by atoms with Gasteiger partial charge in [0.25, 0.3) is 0 Å². The Kier molecular flexibility index (Phi) is 4.68. The normalized spacial score (nSPS) is 31.1. The molecule has 0 bridgehead atoms. The summed E-state index contributed by atoms with van der Waals surface area (Å²) in [6.07, 6.45) is 2.18. The highest BCUT2D eigenvalue weighted by atomic mass is 32.2. The second-order valence-corrected chi connectivity index (χ2v) is 6.74. The molecule has 0 aromatic rings. The molecule has 3 nitrogen and oxygen atoms in total. The average Bonchev–Trinajstić information content (AvgIpc) is 2.46. The lowest BCUT2D eigenvalue weighted by Crippen LogP contribution is -2.43. The summed E-state index contributed by atoms with van der Waals surface area (Å²) >= 11 is 12.2. The topological polar surface area (TPSA) is 29.5 Å². The number of ether oxygens (including phenoxy) is 1. The van der Waals surface area contributed by atoms with Gasteiger partial charge in [-0.25, -0.2) is 0 Å². The SMILES string of the molecule is CC(C)(C)OC1CCC(C(=O)S)(N(S)S)C1. The fourth-order valence-corrected chi connectivity index (χ4v) is 3.05. The maximum Gasteiger partial charge on any atom is 0.208 e. The Morgan fingerprint density at radius 1 is 1.44 bits per heavy atom. The number of carbonyl (C=O) groups excluding carboxylic acids is 1. The molecule has 0 N–H and O–H groups in total. The maximum atomic E-state index is 11.6. The van der Waals surface area contributed by atoms with Crippen molar-refractivity contribution >= 4 is 43.4 Å². The van der Waals surface area contributed by atoms with Gasteiger partial charge in [0.05, 0.1) is 11.7 Å². The minimum Gasteiger partial charge on any atom is -0.373 e. The first-order valence-electron chi connectivity index (χ1n) is 5.26. The van der Waals surface area contributed by atoms with Crippen molar-refractivity contribution in [3.63, 3.8) is 0 Å². The molecule has 16 heavy (non-hydrogen) atoms. The van der Waals surface area contributed by atoms with E-state index in [4.69, 9.17) is 4.74 Å². The standard InChI is InChI=1S/C10H19NO2S3/c1-9(2,3)13-7-4-5-10(6-7,8(12)14)11(15)16/h7,15-16H,4-6H2,1-3H3,(H,12,14). The molecule has 1 aliphatic carbocycles. The van der Waals surface area contributed by atoms with Crippen LogP contribution in [0.5, 0.6) is 0 Å². The van der Waals surface area contributed by atoms with Gasteiger partial charge >= 0.3 is 0 Å². The van der Waals surface area contributed by atoms with Crippen LogP contribution in [0.4, 0.5) is 0 Å². The van der Waals surface area contributed by atoms with Gasteiger partial charge < -0.3 is 4.74 Å². The number of rotatable bonds is 3. The van der Waals surface area contributed by atoms with E-state index >= 15 is 0 Å². The first-order valence-corrected chi connectivity index (χ1v) is 6.51. The molecular weight excluding hydrogens is 262 g/mol. The predicted octanol–water partition coefficient (Wildman–Crippen LogP) is 2.54. The molecule has 94 valence electrons. The van der Waals surface area contributed by atoms with Crippen molar-refractivity contribution in [2.75, 3.05) is 0 Å². The zero-order chi connectivity index (χ0) is 12.6. The van der Waals surface area contributed by atoms with Crippen LogP contribution in [0.2, 0.25) is 0 Å². The highest BCUT2D eigenvalue weighted by molar-refractivity contribution is 7.97. The molecule has 0 heterocycles. The summed E-state index contributed by atoms with van der Waals surface area (Å²) in [7, 11) is 0. The third kappa shape index (κ3) is 3.32. The van der Waals surface area contributed by atoms with E-state index in [1.54, 1.807) is 0 Å². The largest absolute Gasteiger partial charge is 0.373 e. The molecule has 0 amide bonds. The van der Waals surface area contributed by atoms with Gasteiger partial charge in [-0.3, -0.25) is 4.79 Å². The second kappa shape index (κ2) is 5.10. The average molecular weight is 281 g/mol. The van der Waals surface area contributed by atoms with E-state index in [9.17, 15) is 4.79 Å². The van der Waals surface area contributed by atoms with Crippen LogP contribution in [-0.4, -0.2) is 26.1 Å². The molecule has 6 heteroatoms. The number of hydrogen-bond donors (Lipinski definition) is 3. The molecule has 0 aromatic carbocycles. The molecule has 0 radical (unpaired) electrons. The van der Waals surface area contributed by atoms with Crippen LogP contribution >= 0.6 is 38.3 Å². The van der Waals surface area contributed by atoms with Gasteiger partial charge in [-0.1, -0.05) is 25.6 Å². The van der Waals surface area contributed by atoms with E-state index in [1.165, 1.54) is 3.71 Å². The Labute approximate surface area is 114 Å². The van der Waals surface area contributed by atoms with Crippen molar-refractivity contribution in [1.29, 1.82) is 0 Å². The second-order valence-electron chi connectivity index (χ2n) is 5.22. The Morgan fingerprint density at radius 2 is 2.00 bits per heavy atom. The van der Waals surface area contributed by atoms with Crippen molar-refractivity contribution in [2.24, 2.45) is 0 Å². The molecule has 1 rings (SSSR count). The van der Waals surface area contributed by atoms with Gasteiger partial charge in [-0.15, -0.1) is 12.6 Å². The number of carbonyl (C=O) groups is 1. The zero-order valence-electron chi connectivity index (χ0n) is 9.80. The molecule has 1 saturated carbocycles. The van der Waals surface area contributed by atoms with Crippen LogP contribution in [0.15, 0.2) is 0 Å². The smallest absolute Gasteiger partial charge is 0.208 e. The first kappa shape index (κ1) is 14.7. The van der Waals surface area contributed by atoms with Crippen molar-refractivity contribution in [1.82, 2.24) is 3.71 Å². The summed E-state index contributed by atoms with van der Waals surface area (Å²) in [5.41, 5.74) is -0.899. The van der Waals surface area contributed by atoms with Crippen molar-refractivity contribution in [3.8, 4) is 0 Å². The van der Waals surface area contributed by atoms with E-state index in [2.05, 4.69) is 38.3 Å². The Morgan fingerprint density at radius 3 is 2.31 bits per heavy atom. The first-order chi connectivity index (χ1) is 7.17. The quantitative estimate of drug-likeness (QED) is 0.695. The molecular formula is C10H19NO2S3. The highest BCUT2D eigenvalue weighted by Gasteiger charge is 2.48. The molecule has 0 spiro atoms. The lowest BCUT2D eigenvalue weighted by atomic mass is 10.0. The summed E-state index contributed by atoms with van der Waals surface area (Å²) in [5.74, 6) is 0. The van der Waals surface area contributed by atoms with Crippen LogP contribution in [-0.2, 0) is 9.53 Å². The van der Waals surface area contributed by atoms with Crippen molar-refractivity contribution < 1.29 is 9.53 Å². The van der Waals surface area contributed by atoms with Gasteiger partial charge in [-0.05, 0) is 33.6 Å². The highest BCUT2D eigenvalue weighted by Crippen LogP contribution is 2.41. The van der Waals surface area contributed by atoms with E-state index in [1.807, 2.05) is 20.8 Å². The summed E-state index contributed by atoms with van der Waals surface area (Å²) in [5, 5.41) is -0.197. The molecule has 1 fully saturated rings. The maximum absolute atomic E-state index is 11.6. The van der Waals surface area contributed by atoms with Crippen molar-refractivity contribution in [3.05, 3.63) is 0 Å². The van der Waals surface area contributed by atoms with Crippen molar-refractivity contribution in [2.45, 2.75) is 57.3 Å². The fourth-order valence-electron chi connectivity index (χ4n) is 2.04. The molecule has 1 aliphatic rings. The summed E-state index contributed by atoms with van der Waals surface area (Å²) in [4.78, 5) is 11.6. The lowest BCUT2D eigenvalue weighted by Gasteiger charge is -2.31. The molecule has 2 atom stereocenters. The Hall–Kier alpha value is 0.640. The van der Waals surface area contributed by atoms with E-state index in [0.29, 0.717) is 12.8 Å². The molecule has 0 aromatic heterocycles. The van der Waals surface area contributed by atoms with Gasteiger partial charge in [-0.2, -0.15) is 3.71 Å². The summed E-state index contributed by atoms with van der Waals surface area (Å²) in [6.45, 7) is 6.03. The lowest BCUT2D eigenvalue weighted by molar-refractivity contribution is -0.118.